The summed E-state index contributed by atoms with van der Waals surface area (Å²) in [5.74, 6) is 2.80. The van der Waals surface area contributed by atoms with Crippen molar-refractivity contribution in [1.29, 1.82) is 0 Å². The second kappa shape index (κ2) is 9.18. The predicted molar refractivity (Wildman–Crippen MR) is 135 cm³/mol. The minimum atomic E-state index is -0.969. The monoisotopic (exact) mass is 493 g/mol. The molecule has 4 atom stereocenters. The van der Waals surface area contributed by atoms with E-state index < -0.39 is 17.6 Å². The first-order chi connectivity index (χ1) is 17.1. The van der Waals surface area contributed by atoms with Crippen LogP contribution in [-0.4, -0.2) is 67.5 Å². The van der Waals surface area contributed by atoms with Gasteiger partial charge in [-0.2, -0.15) is 0 Å². The normalized spacial score (nSPS) is 24.2. The maximum atomic E-state index is 10.8. The Labute approximate surface area is 206 Å². The van der Waals surface area contributed by atoms with E-state index in [-0.39, 0.29) is 11.9 Å². The van der Waals surface area contributed by atoms with E-state index in [1.54, 1.807) is 7.11 Å². The first-order valence-electron chi connectivity index (χ1n) is 11.8. The first-order valence-corrected chi connectivity index (χ1v) is 12.7. The molecule has 10 heteroatoms. The van der Waals surface area contributed by atoms with Crippen LogP contribution >= 0.6 is 11.8 Å². The molecule has 1 saturated carbocycles. The molecule has 2 fully saturated rings. The molecule has 0 unspecified atom stereocenters. The van der Waals surface area contributed by atoms with Crippen LogP contribution in [0, 0.1) is 5.92 Å². The standard InChI is InChI=1S/C25H27N5O4S/c1-33-24-17-8-9-30(23(17)27-13-28-24)25-22(32)21(31)19(35-25)12-34-16-6-4-15-5-7-20(29-18(15)10-16)26-11-14-2-3-14/h4-10,13-14,19,21-22,25,31-32H,2-3,11-12H2,1H3,(H,26,29)/t19-,21-,22-,25-/m1/s1. The second-order valence-electron chi connectivity index (χ2n) is 9.08. The quantitative estimate of drug-likeness (QED) is 0.340. The number of fused-ring (bicyclic) bond motifs is 2. The predicted octanol–water partition coefficient (Wildman–Crippen LogP) is 3.22. The number of pyridine rings is 1. The number of ether oxygens (including phenoxy) is 2. The van der Waals surface area contributed by atoms with Gasteiger partial charge in [0.25, 0.3) is 0 Å². The topological polar surface area (TPSA) is 115 Å². The Morgan fingerprint density at radius 3 is 2.80 bits per heavy atom. The summed E-state index contributed by atoms with van der Waals surface area (Å²) in [5, 5.41) is 26.0. The third-order valence-electron chi connectivity index (χ3n) is 6.62. The lowest BCUT2D eigenvalue weighted by Gasteiger charge is -2.17. The number of aliphatic hydroxyl groups excluding tert-OH is 2. The van der Waals surface area contributed by atoms with Gasteiger partial charge in [0.05, 0.1) is 29.4 Å². The van der Waals surface area contributed by atoms with Crippen molar-refractivity contribution in [2.45, 2.75) is 35.7 Å². The fourth-order valence-electron chi connectivity index (χ4n) is 4.45. The van der Waals surface area contributed by atoms with Crippen LogP contribution in [0.5, 0.6) is 11.6 Å². The number of thioether (sulfide) groups is 1. The van der Waals surface area contributed by atoms with Gasteiger partial charge in [-0.1, -0.05) is 0 Å². The largest absolute Gasteiger partial charge is 0.492 e. The highest BCUT2D eigenvalue weighted by Crippen LogP contribution is 2.44. The molecular weight excluding hydrogens is 466 g/mol. The van der Waals surface area contributed by atoms with Crippen LogP contribution in [0.2, 0.25) is 0 Å². The van der Waals surface area contributed by atoms with Crippen LogP contribution in [0.3, 0.4) is 0 Å². The van der Waals surface area contributed by atoms with Crippen molar-refractivity contribution in [3.05, 3.63) is 48.9 Å². The van der Waals surface area contributed by atoms with Gasteiger partial charge in [0, 0.05) is 24.2 Å². The van der Waals surface area contributed by atoms with Crippen molar-refractivity contribution in [2.24, 2.45) is 5.92 Å². The zero-order chi connectivity index (χ0) is 23.9. The number of aliphatic hydroxyl groups is 2. The number of benzene rings is 1. The summed E-state index contributed by atoms with van der Waals surface area (Å²) in [7, 11) is 1.56. The smallest absolute Gasteiger partial charge is 0.225 e. The Hall–Kier alpha value is -3.08. The van der Waals surface area contributed by atoms with Crippen LogP contribution in [-0.2, 0) is 0 Å². The van der Waals surface area contributed by atoms with E-state index in [4.69, 9.17) is 14.5 Å². The molecule has 182 valence electrons. The van der Waals surface area contributed by atoms with Crippen LogP contribution in [0.15, 0.2) is 48.9 Å². The molecule has 9 nitrogen and oxygen atoms in total. The Bertz CT molecular complexity index is 1360. The summed E-state index contributed by atoms with van der Waals surface area (Å²) in [5.41, 5.74) is 1.50. The molecule has 4 heterocycles. The first kappa shape index (κ1) is 22.4. The number of hydrogen-bond donors (Lipinski definition) is 3. The van der Waals surface area contributed by atoms with E-state index in [1.165, 1.54) is 30.9 Å². The van der Waals surface area contributed by atoms with Gasteiger partial charge < -0.3 is 29.6 Å². The fourth-order valence-corrected chi connectivity index (χ4v) is 5.90. The molecule has 0 spiro atoms. The summed E-state index contributed by atoms with van der Waals surface area (Å²) in [4.78, 5) is 13.2. The van der Waals surface area contributed by atoms with Crippen LogP contribution < -0.4 is 14.8 Å². The summed E-state index contributed by atoms with van der Waals surface area (Å²) >= 11 is 1.46. The number of nitrogens with one attached hydrogen (secondary N) is 1. The van der Waals surface area contributed by atoms with Gasteiger partial charge in [0.2, 0.25) is 5.88 Å². The highest BCUT2D eigenvalue weighted by Gasteiger charge is 2.44. The fraction of sp³-hybridized carbons (Fsp3) is 0.400. The van der Waals surface area contributed by atoms with E-state index in [0.717, 1.165) is 34.6 Å². The average molecular weight is 494 g/mol. The zero-order valence-corrected chi connectivity index (χ0v) is 20.1. The molecular formula is C25H27N5O4S. The van der Waals surface area contributed by atoms with Gasteiger partial charge in [0.15, 0.2) is 0 Å². The van der Waals surface area contributed by atoms with Gasteiger partial charge >= 0.3 is 0 Å². The SMILES string of the molecule is COc1ncnc2c1ccn2[C@@H]1S[C@H](COc2ccc3ccc(NCC4CC4)nc3c2)[C@@H](O)[C@H]1O. The third-order valence-corrected chi connectivity index (χ3v) is 8.17. The molecule has 1 aromatic carbocycles. The molecule has 6 rings (SSSR count). The Kier molecular flexibility index (Phi) is 5.87. The molecule has 0 radical (unpaired) electrons. The van der Waals surface area contributed by atoms with Gasteiger partial charge in [-0.3, -0.25) is 0 Å². The Morgan fingerprint density at radius 2 is 1.97 bits per heavy atom. The molecule has 35 heavy (non-hydrogen) atoms. The van der Waals surface area contributed by atoms with E-state index >= 15 is 0 Å². The molecule has 1 aliphatic heterocycles. The van der Waals surface area contributed by atoms with E-state index in [0.29, 0.717) is 17.3 Å². The van der Waals surface area contributed by atoms with E-state index in [2.05, 4.69) is 21.4 Å². The minimum absolute atomic E-state index is 0.252. The molecule has 1 saturated heterocycles. The zero-order valence-electron chi connectivity index (χ0n) is 19.2. The number of aromatic nitrogens is 4. The van der Waals surface area contributed by atoms with Gasteiger partial charge in [-0.15, -0.1) is 11.8 Å². The number of hydrogen-bond acceptors (Lipinski definition) is 9. The number of anilines is 1. The van der Waals surface area contributed by atoms with Crippen molar-refractivity contribution in [3.8, 4) is 11.6 Å². The summed E-state index contributed by atoms with van der Waals surface area (Å²) < 4.78 is 13.2. The molecule has 4 aromatic rings. The van der Waals surface area contributed by atoms with E-state index in [9.17, 15) is 10.2 Å². The van der Waals surface area contributed by atoms with Crippen LogP contribution in [0.1, 0.15) is 18.2 Å². The lowest BCUT2D eigenvalue weighted by atomic mass is 10.1. The molecule has 3 N–H and O–H groups in total. The van der Waals surface area contributed by atoms with Gasteiger partial charge in [-0.25, -0.2) is 15.0 Å². The number of nitrogens with zero attached hydrogens (tertiary/aromatic N) is 4. The van der Waals surface area contributed by atoms with Gasteiger partial charge in [-0.05, 0) is 49.1 Å². The highest BCUT2D eigenvalue weighted by molar-refractivity contribution is 8.00. The second-order valence-corrected chi connectivity index (χ2v) is 10.4. The third kappa shape index (κ3) is 4.37. The van der Waals surface area contributed by atoms with Crippen LogP contribution in [0.25, 0.3) is 21.9 Å². The Morgan fingerprint density at radius 1 is 1.11 bits per heavy atom. The van der Waals surface area contributed by atoms with Crippen molar-refractivity contribution in [2.75, 3.05) is 25.6 Å². The maximum Gasteiger partial charge on any atom is 0.225 e. The van der Waals surface area contributed by atoms with Crippen molar-refractivity contribution in [1.82, 2.24) is 19.5 Å². The number of methoxy groups -OCH3 is 1. The summed E-state index contributed by atoms with van der Waals surface area (Å²) in [6.45, 7) is 1.21. The number of rotatable bonds is 8. The van der Waals surface area contributed by atoms with E-state index in [1.807, 2.05) is 41.1 Å². The molecule has 2 aliphatic rings. The molecule has 3 aromatic heterocycles. The minimum Gasteiger partial charge on any atom is -0.492 e. The van der Waals surface area contributed by atoms with Crippen molar-refractivity contribution >= 4 is 39.5 Å². The maximum absolute atomic E-state index is 10.8. The van der Waals surface area contributed by atoms with Crippen molar-refractivity contribution < 1.29 is 19.7 Å². The van der Waals surface area contributed by atoms with Gasteiger partial charge in [0.1, 0.15) is 41.6 Å². The Balaban J connectivity index is 1.15. The molecule has 0 bridgehead atoms. The van der Waals surface area contributed by atoms with Crippen molar-refractivity contribution in [3.63, 3.8) is 0 Å². The highest BCUT2D eigenvalue weighted by atomic mass is 32.2. The molecule has 1 aliphatic carbocycles. The molecule has 0 amide bonds. The summed E-state index contributed by atoms with van der Waals surface area (Å²) in [6.07, 6.45) is 3.94. The lowest BCUT2D eigenvalue weighted by Crippen LogP contribution is -2.34. The average Bonchev–Trinajstić information content (AvgIpc) is 3.56. The summed E-state index contributed by atoms with van der Waals surface area (Å²) in [6, 6.07) is 11.7. The van der Waals surface area contributed by atoms with Crippen LogP contribution in [0.4, 0.5) is 5.82 Å². The lowest BCUT2D eigenvalue weighted by molar-refractivity contribution is 0.0128.